The predicted octanol–water partition coefficient (Wildman–Crippen LogP) is 2.66. The number of nitrogens with one attached hydrogen (secondary N) is 2. The summed E-state index contributed by atoms with van der Waals surface area (Å²) in [6.45, 7) is 5.47. The van der Waals surface area contributed by atoms with Crippen LogP contribution >= 0.6 is 0 Å². The van der Waals surface area contributed by atoms with E-state index < -0.39 is 6.10 Å². The SMILES string of the molecule is CCc1onc(C)c1NC(=O)NC(C)C(O)Cc1ccccc1. The van der Waals surface area contributed by atoms with Crippen LogP contribution < -0.4 is 10.6 Å². The van der Waals surface area contributed by atoms with E-state index in [0.29, 0.717) is 30.0 Å². The second kappa shape index (κ2) is 7.78. The summed E-state index contributed by atoms with van der Waals surface area (Å²) >= 11 is 0. The summed E-state index contributed by atoms with van der Waals surface area (Å²) in [5.41, 5.74) is 2.25. The van der Waals surface area contributed by atoms with Gasteiger partial charge in [0.15, 0.2) is 5.76 Å². The van der Waals surface area contributed by atoms with E-state index in [1.807, 2.05) is 37.3 Å². The summed E-state index contributed by atoms with van der Waals surface area (Å²) in [4.78, 5) is 12.1. The number of aliphatic hydroxyl groups excluding tert-OH is 1. The van der Waals surface area contributed by atoms with Crippen LogP contribution in [0.1, 0.15) is 30.9 Å². The Labute approximate surface area is 135 Å². The monoisotopic (exact) mass is 317 g/mol. The van der Waals surface area contributed by atoms with Crippen LogP contribution in [0.15, 0.2) is 34.9 Å². The molecule has 6 nitrogen and oxygen atoms in total. The van der Waals surface area contributed by atoms with E-state index in [2.05, 4.69) is 15.8 Å². The van der Waals surface area contributed by atoms with E-state index in [9.17, 15) is 9.90 Å². The lowest BCUT2D eigenvalue weighted by molar-refractivity contribution is 0.137. The summed E-state index contributed by atoms with van der Waals surface area (Å²) in [6, 6.07) is 8.90. The molecule has 0 bridgehead atoms. The van der Waals surface area contributed by atoms with Crippen LogP contribution in [0.4, 0.5) is 10.5 Å². The van der Waals surface area contributed by atoms with Gasteiger partial charge in [0.1, 0.15) is 11.4 Å². The normalized spacial score (nSPS) is 13.4. The van der Waals surface area contributed by atoms with Crippen LogP contribution in [0, 0.1) is 6.92 Å². The van der Waals surface area contributed by atoms with Crippen molar-refractivity contribution in [1.82, 2.24) is 10.5 Å². The van der Waals surface area contributed by atoms with Crippen LogP contribution in [-0.4, -0.2) is 28.4 Å². The first kappa shape index (κ1) is 17.0. The van der Waals surface area contributed by atoms with E-state index in [0.717, 1.165) is 5.56 Å². The Morgan fingerprint density at radius 2 is 2.04 bits per heavy atom. The van der Waals surface area contributed by atoms with Crippen molar-refractivity contribution >= 4 is 11.7 Å². The van der Waals surface area contributed by atoms with Crippen molar-refractivity contribution in [2.24, 2.45) is 0 Å². The molecule has 2 aromatic rings. The molecule has 2 amide bonds. The molecule has 0 radical (unpaired) electrons. The van der Waals surface area contributed by atoms with E-state index >= 15 is 0 Å². The predicted molar refractivity (Wildman–Crippen MR) is 88.4 cm³/mol. The molecule has 2 unspecified atom stereocenters. The van der Waals surface area contributed by atoms with Gasteiger partial charge in [0, 0.05) is 12.8 Å². The molecule has 3 N–H and O–H groups in total. The third-order valence-electron chi connectivity index (χ3n) is 3.72. The van der Waals surface area contributed by atoms with Gasteiger partial charge in [0.2, 0.25) is 0 Å². The minimum Gasteiger partial charge on any atom is -0.391 e. The summed E-state index contributed by atoms with van der Waals surface area (Å²) < 4.78 is 5.14. The maximum absolute atomic E-state index is 12.1. The van der Waals surface area contributed by atoms with Crippen LogP contribution in [0.25, 0.3) is 0 Å². The smallest absolute Gasteiger partial charge is 0.319 e. The third-order valence-corrected chi connectivity index (χ3v) is 3.72. The first-order chi connectivity index (χ1) is 11.0. The van der Waals surface area contributed by atoms with E-state index in [1.54, 1.807) is 13.8 Å². The fourth-order valence-corrected chi connectivity index (χ4v) is 2.30. The Morgan fingerprint density at radius 1 is 1.35 bits per heavy atom. The molecule has 124 valence electrons. The van der Waals surface area contributed by atoms with Crippen LogP contribution in [0.3, 0.4) is 0 Å². The zero-order valence-corrected chi connectivity index (χ0v) is 13.7. The zero-order valence-electron chi connectivity index (χ0n) is 13.7. The molecule has 1 heterocycles. The maximum Gasteiger partial charge on any atom is 0.319 e. The third kappa shape index (κ3) is 4.56. The van der Waals surface area contributed by atoms with Crippen LogP contribution in [0.2, 0.25) is 0 Å². The summed E-state index contributed by atoms with van der Waals surface area (Å²) in [5.74, 6) is 0.634. The Morgan fingerprint density at radius 3 is 2.70 bits per heavy atom. The number of aryl methyl sites for hydroxylation is 2. The van der Waals surface area contributed by atoms with Crippen molar-refractivity contribution in [1.29, 1.82) is 0 Å². The lowest BCUT2D eigenvalue weighted by atomic mass is 10.0. The Bertz CT molecular complexity index is 640. The highest BCUT2D eigenvalue weighted by Gasteiger charge is 2.19. The molecule has 0 spiro atoms. The van der Waals surface area contributed by atoms with Crippen molar-refractivity contribution in [2.75, 3.05) is 5.32 Å². The number of amides is 2. The van der Waals surface area contributed by atoms with Crippen molar-refractivity contribution in [3.05, 3.63) is 47.3 Å². The molecule has 0 saturated heterocycles. The number of carbonyl (C=O) groups is 1. The van der Waals surface area contributed by atoms with E-state index in [-0.39, 0.29) is 12.1 Å². The van der Waals surface area contributed by atoms with Crippen LogP contribution in [0.5, 0.6) is 0 Å². The molecule has 6 heteroatoms. The Kier molecular flexibility index (Phi) is 5.76. The number of urea groups is 1. The molecular formula is C17H23N3O3. The van der Waals surface area contributed by atoms with E-state index in [4.69, 9.17) is 4.52 Å². The van der Waals surface area contributed by atoms with Gasteiger partial charge in [-0.15, -0.1) is 0 Å². The number of carbonyl (C=O) groups excluding carboxylic acids is 1. The first-order valence-electron chi connectivity index (χ1n) is 7.76. The Balaban J connectivity index is 1.90. The molecular weight excluding hydrogens is 294 g/mol. The summed E-state index contributed by atoms with van der Waals surface area (Å²) in [6.07, 6.45) is 0.453. The first-order valence-corrected chi connectivity index (χ1v) is 7.76. The number of aromatic nitrogens is 1. The minimum atomic E-state index is -0.669. The van der Waals surface area contributed by atoms with Gasteiger partial charge < -0.3 is 20.3 Å². The summed E-state index contributed by atoms with van der Waals surface area (Å²) in [7, 11) is 0. The molecule has 2 atom stereocenters. The highest BCUT2D eigenvalue weighted by atomic mass is 16.5. The highest BCUT2D eigenvalue weighted by Crippen LogP contribution is 2.20. The van der Waals surface area contributed by atoms with Gasteiger partial charge in [0.25, 0.3) is 0 Å². The molecule has 0 fully saturated rings. The van der Waals surface area contributed by atoms with Gasteiger partial charge in [-0.2, -0.15) is 0 Å². The number of anilines is 1. The van der Waals surface area contributed by atoms with Gasteiger partial charge >= 0.3 is 6.03 Å². The molecule has 1 aromatic heterocycles. The van der Waals surface area contributed by atoms with Crippen molar-refractivity contribution < 1.29 is 14.4 Å². The second-order valence-electron chi connectivity index (χ2n) is 5.56. The molecule has 1 aromatic carbocycles. The standard InChI is InChI=1S/C17H23N3O3/c1-4-15-16(12(3)20-23-15)19-17(22)18-11(2)14(21)10-13-8-6-5-7-9-13/h5-9,11,14,21H,4,10H2,1-3H3,(H2,18,19,22). The van der Waals surface area contributed by atoms with Crippen LogP contribution in [-0.2, 0) is 12.8 Å². The number of nitrogens with zero attached hydrogens (tertiary/aromatic N) is 1. The number of rotatable bonds is 6. The molecule has 2 rings (SSSR count). The fraction of sp³-hybridized carbons (Fsp3) is 0.412. The number of aliphatic hydroxyl groups is 1. The highest BCUT2D eigenvalue weighted by molar-refractivity contribution is 5.90. The maximum atomic E-state index is 12.1. The van der Waals surface area contributed by atoms with Crippen molar-refractivity contribution in [2.45, 2.75) is 45.8 Å². The lowest BCUT2D eigenvalue weighted by Crippen LogP contribution is -2.44. The lowest BCUT2D eigenvalue weighted by Gasteiger charge is -2.20. The topological polar surface area (TPSA) is 87.4 Å². The largest absolute Gasteiger partial charge is 0.391 e. The molecule has 23 heavy (non-hydrogen) atoms. The quantitative estimate of drug-likeness (QED) is 0.764. The van der Waals surface area contributed by atoms with Gasteiger partial charge in [0.05, 0.1) is 12.1 Å². The molecule has 0 aliphatic rings. The Hall–Kier alpha value is -2.34. The second-order valence-corrected chi connectivity index (χ2v) is 5.56. The summed E-state index contributed by atoms with van der Waals surface area (Å²) in [5, 5.41) is 19.6. The van der Waals surface area contributed by atoms with Crippen molar-refractivity contribution in [3.63, 3.8) is 0 Å². The number of hydrogen-bond donors (Lipinski definition) is 3. The minimum absolute atomic E-state index is 0.384. The van der Waals surface area contributed by atoms with Gasteiger partial charge in [-0.1, -0.05) is 42.4 Å². The average molecular weight is 317 g/mol. The van der Waals surface area contributed by atoms with Gasteiger partial charge in [-0.05, 0) is 19.4 Å². The number of hydrogen-bond acceptors (Lipinski definition) is 4. The number of benzene rings is 1. The van der Waals surface area contributed by atoms with Gasteiger partial charge in [-0.25, -0.2) is 4.79 Å². The van der Waals surface area contributed by atoms with Gasteiger partial charge in [-0.3, -0.25) is 0 Å². The van der Waals surface area contributed by atoms with E-state index in [1.165, 1.54) is 0 Å². The average Bonchev–Trinajstić information content (AvgIpc) is 2.88. The molecule has 0 saturated carbocycles. The zero-order chi connectivity index (χ0) is 16.8. The fourth-order valence-electron chi connectivity index (χ4n) is 2.30. The molecule has 0 aliphatic carbocycles. The molecule has 0 aliphatic heterocycles. The van der Waals surface area contributed by atoms with Crippen molar-refractivity contribution in [3.8, 4) is 0 Å².